The Morgan fingerprint density at radius 2 is 2.08 bits per heavy atom. The van der Waals surface area contributed by atoms with Gasteiger partial charge in [-0.25, -0.2) is 0 Å². The van der Waals surface area contributed by atoms with E-state index in [0.717, 1.165) is 12.8 Å². The summed E-state index contributed by atoms with van der Waals surface area (Å²) in [5.41, 5.74) is 0.617. The van der Waals surface area contributed by atoms with Crippen molar-refractivity contribution in [3.63, 3.8) is 0 Å². The zero-order chi connectivity index (χ0) is 9.56. The lowest BCUT2D eigenvalue weighted by molar-refractivity contribution is -0.00790. The van der Waals surface area contributed by atoms with Gasteiger partial charge < -0.3 is 10.2 Å². The normalized spacial score (nSPS) is 14.9. The van der Waals surface area contributed by atoms with E-state index in [4.69, 9.17) is 10.2 Å². The molecule has 0 rings (SSSR count). The minimum absolute atomic E-state index is 0.491. The smallest absolute Gasteiger partial charge is 0.173 e. The van der Waals surface area contributed by atoms with Crippen LogP contribution in [0.5, 0.6) is 0 Å². The van der Waals surface area contributed by atoms with Crippen LogP contribution in [0.15, 0.2) is 24.3 Å². The first kappa shape index (κ1) is 11.4. The van der Waals surface area contributed by atoms with Gasteiger partial charge in [-0.05, 0) is 31.3 Å². The zero-order valence-electron chi connectivity index (χ0n) is 7.83. The summed E-state index contributed by atoms with van der Waals surface area (Å²) in [5.74, 6) is 0.491. The Kier molecular flexibility index (Phi) is 5.68. The molecule has 0 amide bonds. The topological polar surface area (TPSA) is 40.5 Å². The third-order valence-corrected chi connectivity index (χ3v) is 1.90. The van der Waals surface area contributed by atoms with Crippen LogP contribution in [0.3, 0.4) is 0 Å². The first-order valence-corrected chi connectivity index (χ1v) is 4.23. The number of rotatable bonds is 5. The highest BCUT2D eigenvalue weighted by Gasteiger charge is 1.99. The number of allylic oxidation sites excluding steroid dienone is 2. The Morgan fingerprint density at radius 3 is 2.50 bits per heavy atom. The third-order valence-electron chi connectivity index (χ3n) is 1.90. The van der Waals surface area contributed by atoms with Gasteiger partial charge in [0.1, 0.15) is 0 Å². The Hall–Kier alpha value is -0.600. The summed E-state index contributed by atoms with van der Waals surface area (Å²) < 4.78 is 0. The molecule has 0 aliphatic rings. The number of hydrogen-bond donors (Lipinski definition) is 2. The predicted octanol–water partition coefficient (Wildman–Crippen LogP) is 1.85. The van der Waals surface area contributed by atoms with Crippen LogP contribution in [-0.4, -0.2) is 16.5 Å². The SMILES string of the molecule is C=C[C@@H](C)CC/C=C(\C)C(O)O. The van der Waals surface area contributed by atoms with Gasteiger partial charge in [0, 0.05) is 0 Å². The lowest BCUT2D eigenvalue weighted by Gasteiger charge is -2.05. The van der Waals surface area contributed by atoms with Gasteiger partial charge in [0.05, 0.1) is 0 Å². The molecule has 0 aliphatic heterocycles. The molecule has 0 fully saturated rings. The molecule has 12 heavy (non-hydrogen) atoms. The quantitative estimate of drug-likeness (QED) is 0.488. The van der Waals surface area contributed by atoms with E-state index in [2.05, 4.69) is 13.5 Å². The molecule has 2 heteroatoms. The molecule has 2 N–H and O–H groups in total. The molecule has 0 heterocycles. The summed E-state index contributed by atoms with van der Waals surface area (Å²) >= 11 is 0. The van der Waals surface area contributed by atoms with Crippen LogP contribution in [-0.2, 0) is 0 Å². The van der Waals surface area contributed by atoms with Crippen LogP contribution in [0.25, 0.3) is 0 Å². The highest BCUT2D eigenvalue weighted by molar-refractivity contribution is 5.00. The average Bonchev–Trinajstić information content (AvgIpc) is 2.03. The maximum Gasteiger partial charge on any atom is 0.173 e. The fraction of sp³-hybridized carbons (Fsp3) is 0.600. The van der Waals surface area contributed by atoms with Crippen LogP contribution >= 0.6 is 0 Å². The maximum absolute atomic E-state index is 8.71. The van der Waals surface area contributed by atoms with Crippen molar-refractivity contribution in [3.05, 3.63) is 24.3 Å². The van der Waals surface area contributed by atoms with Gasteiger partial charge in [-0.1, -0.05) is 19.1 Å². The molecule has 0 aliphatic carbocycles. The van der Waals surface area contributed by atoms with Gasteiger partial charge in [-0.15, -0.1) is 6.58 Å². The van der Waals surface area contributed by atoms with E-state index in [1.165, 1.54) is 0 Å². The largest absolute Gasteiger partial charge is 0.365 e. The highest BCUT2D eigenvalue weighted by Crippen LogP contribution is 2.09. The molecule has 0 aromatic heterocycles. The molecule has 0 aromatic rings. The summed E-state index contributed by atoms with van der Waals surface area (Å²) in [6, 6.07) is 0. The molecule has 0 unspecified atom stereocenters. The Morgan fingerprint density at radius 1 is 1.50 bits per heavy atom. The summed E-state index contributed by atoms with van der Waals surface area (Å²) in [6.07, 6.45) is 4.33. The standard InChI is InChI=1S/C10H18O2/c1-4-8(2)6-5-7-9(3)10(11)12/h4,7-8,10-12H,1,5-6H2,2-3H3/b9-7+/t8-/m1/s1. The third kappa shape index (κ3) is 5.10. The molecule has 2 nitrogen and oxygen atoms in total. The van der Waals surface area contributed by atoms with Crippen LogP contribution in [0.2, 0.25) is 0 Å². The maximum atomic E-state index is 8.71. The fourth-order valence-corrected chi connectivity index (χ4v) is 0.797. The molecule has 70 valence electrons. The monoisotopic (exact) mass is 170 g/mol. The second-order valence-corrected chi connectivity index (χ2v) is 3.11. The van der Waals surface area contributed by atoms with Gasteiger partial charge in [-0.2, -0.15) is 0 Å². The van der Waals surface area contributed by atoms with Crippen LogP contribution in [0.4, 0.5) is 0 Å². The van der Waals surface area contributed by atoms with Gasteiger partial charge in [0.2, 0.25) is 0 Å². The van der Waals surface area contributed by atoms with E-state index in [1.807, 2.05) is 12.2 Å². The molecule has 1 atom stereocenters. The summed E-state index contributed by atoms with van der Waals surface area (Å²) in [6.45, 7) is 7.47. The predicted molar refractivity (Wildman–Crippen MR) is 50.6 cm³/mol. The number of aliphatic hydroxyl groups excluding tert-OH is 1. The van der Waals surface area contributed by atoms with Crippen LogP contribution in [0.1, 0.15) is 26.7 Å². The molecule has 0 bridgehead atoms. The average molecular weight is 170 g/mol. The van der Waals surface area contributed by atoms with E-state index in [9.17, 15) is 0 Å². The van der Waals surface area contributed by atoms with E-state index in [1.54, 1.807) is 6.92 Å². The van der Waals surface area contributed by atoms with Gasteiger partial charge in [-0.3, -0.25) is 0 Å². The van der Waals surface area contributed by atoms with Crippen molar-refractivity contribution in [1.29, 1.82) is 0 Å². The molecule has 0 spiro atoms. The Bertz CT molecular complexity index is 159. The highest BCUT2D eigenvalue weighted by atomic mass is 16.5. The zero-order valence-corrected chi connectivity index (χ0v) is 7.83. The van der Waals surface area contributed by atoms with E-state index in [0.29, 0.717) is 11.5 Å². The first-order valence-electron chi connectivity index (χ1n) is 4.23. The van der Waals surface area contributed by atoms with Gasteiger partial charge >= 0.3 is 0 Å². The molecule has 0 saturated carbocycles. The number of aliphatic hydroxyl groups is 2. The second kappa shape index (κ2) is 5.98. The van der Waals surface area contributed by atoms with Crippen molar-refractivity contribution in [1.82, 2.24) is 0 Å². The van der Waals surface area contributed by atoms with E-state index < -0.39 is 6.29 Å². The van der Waals surface area contributed by atoms with Gasteiger partial charge in [0.25, 0.3) is 0 Å². The van der Waals surface area contributed by atoms with Crippen molar-refractivity contribution < 1.29 is 10.2 Å². The molecule has 0 radical (unpaired) electrons. The van der Waals surface area contributed by atoms with Crippen molar-refractivity contribution in [3.8, 4) is 0 Å². The minimum atomic E-state index is -1.30. The van der Waals surface area contributed by atoms with Crippen LogP contribution < -0.4 is 0 Å². The molecule has 0 aromatic carbocycles. The van der Waals surface area contributed by atoms with E-state index >= 15 is 0 Å². The lowest BCUT2D eigenvalue weighted by atomic mass is 10.0. The Balaban J connectivity index is 3.66. The summed E-state index contributed by atoms with van der Waals surface area (Å²) in [4.78, 5) is 0. The molecule has 0 saturated heterocycles. The first-order chi connectivity index (χ1) is 5.57. The van der Waals surface area contributed by atoms with E-state index in [-0.39, 0.29) is 0 Å². The lowest BCUT2D eigenvalue weighted by Crippen LogP contribution is -2.05. The molecular formula is C10H18O2. The second-order valence-electron chi connectivity index (χ2n) is 3.11. The van der Waals surface area contributed by atoms with Crippen molar-refractivity contribution >= 4 is 0 Å². The van der Waals surface area contributed by atoms with Crippen molar-refractivity contribution in [2.24, 2.45) is 5.92 Å². The van der Waals surface area contributed by atoms with Crippen LogP contribution in [0, 0.1) is 5.92 Å². The minimum Gasteiger partial charge on any atom is -0.365 e. The molecular weight excluding hydrogens is 152 g/mol. The fourth-order valence-electron chi connectivity index (χ4n) is 0.797. The summed E-state index contributed by atoms with van der Waals surface area (Å²) in [5, 5.41) is 17.4. The van der Waals surface area contributed by atoms with Gasteiger partial charge in [0.15, 0.2) is 6.29 Å². The number of hydrogen-bond acceptors (Lipinski definition) is 2. The van der Waals surface area contributed by atoms with Crippen molar-refractivity contribution in [2.75, 3.05) is 0 Å². The van der Waals surface area contributed by atoms with Crippen molar-refractivity contribution in [2.45, 2.75) is 33.0 Å². The summed E-state index contributed by atoms with van der Waals surface area (Å²) in [7, 11) is 0. The Labute approximate surface area is 74.2 Å².